The monoisotopic (exact) mass is 250 g/mol. The van der Waals surface area contributed by atoms with Gasteiger partial charge in [-0.15, -0.1) is 0 Å². The second-order valence-electron chi connectivity index (χ2n) is 2.32. The van der Waals surface area contributed by atoms with E-state index in [9.17, 15) is 0 Å². The predicted molar refractivity (Wildman–Crippen MR) is 43.2 cm³/mol. The summed E-state index contributed by atoms with van der Waals surface area (Å²) < 4.78 is 1.17. The zero-order valence-corrected chi connectivity index (χ0v) is 8.28. The van der Waals surface area contributed by atoms with Crippen LogP contribution in [-0.2, 0) is 0 Å². The van der Waals surface area contributed by atoms with Crippen molar-refractivity contribution in [2.24, 2.45) is 0 Å². The van der Waals surface area contributed by atoms with Crippen molar-refractivity contribution in [2.45, 2.75) is 17.3 Å². The Kier molecular flexibility index (Phi) is 3.18. The van der Waals surface area contributed by atoms with E-state index in [2.05, 4.69) is 40.3 Å². The van der Waals surface area contributed by atoms with Gasteiger partial charge in [-0.25, -0.2) is 0 Å². The molecule has 10 heavy (non-hydrogen) atoms. The Labute approximate surface area is 74.8 Å². The van der Waals surface area contributed by atoms with Crippen molar-refractivity contribution in [3.8, 4) is 0 Å². The average Bonchev–Trinajstić information content (AvgIpc) is 2.05. The van der Waals surface area contributed by atoms with Gasteiger partial charge in [0.05, 0.1) is 0 Å². The molecule has 53 valence electrons. The van der Waals surface area contributed by atoms with Crippen molar-refractivity contribution < 1.29 is 0 Å². The molecular weight excluding hydrogens is 238 g/mol. The number of pyridine rings is 1. The maximum atomic E-state index is 4.25. The summed E-state index contributed by atoms with van der Waals surface area (Å²) in [6.45, 7) is 2.20. The average molecular weight is 248 g/mol. The van der Waals surface area contributed by atoms with Gasteiger partial charge >= 0.3 is 74.7 Å². The van der Waals surface area contributed by atoms with Crippen molar-refractivity contribution >= 4 is 22.3 Å². The summed E-state index contributed by atoms with van der Waals surface area (Å²) in [7, 11) is 0. The second kappa shape index (κ2) is 3.95. The summed E-state index contributed by atoms with van der Waals surface area (Å²) >= 11 is 2.11. The second-order valence-corrected chi connectivity index (χ2v) is 3.27. The molecule has 1 unspecified atom stereocenters. The normalized spacial score (nSPS) is 13.0. The van der Waals surface area contributed by atoms with E-state index in [1.165, 1.54) is 10.2 Å². The molecule has 0 aliphatic rings. The van der Waals surface area contributed by atoms with Gasteiger partial charge in [0.25, 0.3) is 0 Å². The molecule has 0 fully saturated rings. The third-order valence-electron chi connectivity index (χ3n) is 1.44. The van der Waals surface area contributed by atoms with E-state index in [1.807, 2.05) is 18.3 Å². The van der Waals surface area contributed by atoms with Crippen molar-refractivity contribution in [2.75, 3.05) is 0 Å². The fraction of sp³-hybridized carbons (Fsp3) is 0.375. The molecule has 1 heterocycles. The van der Waals surface area contributed by atoms with Gasteiger partial charge in [-0.05, 0) is 0 Å². The molecule has 0 amide bonds. The third kappa shape index (κ3) is 1.97. The van der Waals surface area contributed by atoms with Gasteiger partial charge < -0.3 is 0 Å². The van der Waals surface area contributed by atoms with E-state index >= 15 is 0 Å². The molecule has 1 rings (SSSR count). The summed E-state index contributed by atoms with van der Waals surface area (Å²) in [6, 6.07) is 6.07. The van der Waals surface area contributed by atoms with Gasteiger partial charge in [-0.2, -0.15) is 0 Å². The van der Waals surface area contributed by atoms with Crippen LogP contribution in [0.25, 0.3) is 0 Å². The van der Waals surface area contributed by atoms with Crippen molar-refractivity contribution in [1.82, 2.24) is 4.98 Å². The van der Waals surface area contributed by atoms with E-state index in [1.54, 1.807) is 0 Å². The Morgan fingerprint density at radius 2 is 2.40 bits per heavy atom. The first-order valence-corrected chi connectivity index (χ1v) is 4.98. The third-order valence-corrected chi connectivity index (χ3v) is 2.87. The van der Waals surface area contributed by atoms with Crippen LogP contribution in [0.3, 0.4) is 0 Å². The molecule has 0 N–H and O–H groups in total. The summed E-state index contributed by atoms with van der Waals surface area (Å²) in [5, 5.41) is 0. The van der Waals surface area contributed by atoms with Crippen LogP contribution in [0.4, 0.5) is 0 Å². The van der Waals surface area contributed by atoms with E-state index in [0.29, 0.717) is 5.92 Å². The predicted octanol–water partition coefficient (Wildman–Crippen LogP) is 1.77. The number of rotatable bonds is 2. The molecule has 1 nitrogen and oxygen atoms in total. The van der Waals surface area contributed by atoms with Crippen LogP contribution < -0.4 is 0 Å². The van der Waals surface area contributed by atoms with Crippen LogP contribution in [0.2, 0.25) is 4.47 Å². The SMILES string of the molecule is CC(C[Te])c1ccccn1. The molecular formula is C8H10NTe. The van der Waals surface area contributed by atoms with E-state index in [0.717, 1.165) is 0 Å². The van der Waals surface area contributed by atoms with Gasteiger partial charge in [-0.3, -0.25) is 0 Å². The van der Waals surface area contributed by atoms with Gasteiger partial charge in [0.15, 0.2) is 0 Å². The molecule has 1 radical (unpaired) electrons. The summed E-state index contributed by atoms with van der Waals surface area (Å²) in [5.41, 5.74) is 1.20. The Hall–Kier alpha value is -0.0604. The Balaban J connectivity index is 2.75. The van der Waals surface area contributed by atoms with Crippen LogP contribution in [0.15, 0.2) is 24.4 Å². The fourth-order valence-electron chi connectivity index (χ4n) is 0.753. The number of aromatic nitrogens is 1. The summed E-state index contributed by atoms with van der Waals surface area (Å²) in [6.07, 6.45) is 1.85. The van der Waals surface area contributed by atoms with E-state index in [4.69, 9.17) is 0 Å². The molecule has 1 aromatic heterocycles. The van der Waals surface area contributed by atoms with Crippen LogP contribution in [0, 0.1) is 0 Å². The fourth-order valence-corrected chi connectivity index (χ4v) is 1.24. The molecule has 0 saturated heterocycles. The number of nitrogens with zero attached hydrogens (tertiary/aromatic N) is 1. The molecule has 0 bridgehead atoms. The standard InChI is InChI=1S/C8H10NTe/c1-7(6-10)8-4-2-3-5-9-8/h2-5,7H,6H2,1H3. The first-order chi connectivity index (χ1) is 4.84. The van der Waals surface area contributed by atoms with Gasteiger partial charge in [0, 0.05) is 0 Å². The Morgan fingerprint density at radius 3 is 2.90 bits per heavy atom. The molecule has 0 saturated carbocycles. The van der Waals surface area contributed by atoms with Crippen molar-refractivity contribution in [1.29, 1.82) is 0 Å². The first-order valence-electron chi connectivity index (χ1n) is 3.33. The van der Waals surface area contributed by atoms with Gasteiger partial charge in [-0.1, -0.05) is 0 Å². The molecule has 1 aromatic rings. The van der Waals surface area contributed by atoms with Crippen LogP contribution in [0.5, 0.6) is 0 Å². The maximum absolute atomic E-state index is 4.25. The zero-order valence-electron chi connectivity index (χ0n) is 5.95. The molecule has 0 spiro atoms. The molecule has 0 aromatic carbocycles. The van der Waals surface area contributed by atoms with Crippen LogP contribution >= 0.6 is 0 Å². The summed E-state index contributed by atoms with van der Waals surface area (Å²) in [5.74, 6) is 0.603. The van der Waals surface area contributed by atoms with Crippen LogP contribution in [-0.4, -0.2) is 27.3 Å². The van der Waals surface area contributed by atoms with Gasteiger partial charge in [0.1, 0.15) is 0 Å². The number of hydrogen-bond acceptors (Lipinski definition) is 1. The Bertz CT molecular complexity index is 186. The number of hydrogen-bond donors (Lipinski definition) is 0. The molecule has 1 atom stereocenters. The Morgan fingerprint density at radius 1 is 1.60 bits per heavy atom. The van der Waals surface area contributed by atoms with Crippen molar-refractivity contribution in [3.05, 3.63) is 30.1 Å². The van der Waals surface area contributed by atoms with E-state index in [-0.39, 0.29) is 0 Å². The first kappa shape index (κ1) is 8.04. The molecule has 0 aliphatic carbocycles. The minimum absolute atomic E-state index is 0.603. The zero-order chi connectivity index (χ0) is 7.40. The van der Waals surface area contributed by atoms with Gasteiger partial charge in [0.2, 0.25) is 0 Å². The van der Waals surface area contributed by atoms with Crippen LogP contribution in [0.1, 0.15) is 18.5 Å². The molecule has 2 heteroatoms. The quantitative estimate of drug-likeness (QED) is 0.726. The topological polar surface area (TPSA) is 12.9 Å². The van der Waals surface area contributed by atoms with E-state index < -0.39 is 0 Å². The summed E-state index contributed by atoms with van der Waals surface area (Å²) in [4.78, 5) is 4.25. The minimum atomic E-state index is 0.603. The van der Waals surface area contributed by atoms with Crippen molar-refractivity contribution in [3.63, 3.8) is 0 Å². The molecule has 0 aliphatic heterocycles.